The number of guanidine groups is 1. The first-order valence-corrected chi connectivity index (χ1v) is 9.91. The SMILES string of the molecule is CN(C)C(=O)CN=C(NCCc1c[nH]c2ccc(F)cc12)NCc1cccs1. The van der Waals surface area contributed by atoms with Crippen molar-refractivity contribution in [3.8, 4) is 0 Å². The van der Waals surface area contributed by atoms with Crippen LogP contribution in [0.2, 0.25) is 0 Å². The zero-order valence-corrected chi connectivity index (χ0v) is 16.8. The molecule has 2 aromatic heterocycles. The van der Waals surface area contributed by atoms with Gasteiger partial charge in [-0.15, -0.1) is 11.3 Å². The second kappa shape index (κ2) is 9.36. The smallest absolute Gasteiger partial charge is 0.243 e. The van der Waals surface area contributed by atoms with Crippen molar-refractivity contribution in [1.29, 1.82) is 0 Å². The lowest BCUT2D eigenvalue weighted by Gasteiger charge is -2.13. The van der Waals surface area contributed by atoms with E-state index >= 15 is 0 Å². The maximum Gasteiger partial charge on any atom is 0.243 e. The van der Waals surface area contributed by atoms with E-state index in [0.29, 0.717) is 25.5 Å². The fraction of sp³-hybridized carbons (Fsp3) is 0.300. The van der Waals surface area contributed by atoms with Crippen LogP contribution in [0.3, 0.4) is 0 Å². The molecule has 2 heterocycles. The highest BCUT2D eigenvalue weighted by Gasteiger charge is 2.07. The number of thiophene rings is 1. The van der Waals surface area contributed by atoms with Crippen LogP contribution in [0.15, 0.2) is 46.9 Å². The Labute approximate surface area is 167 Å². The summed E-state index contributed by atoms with van der Waals surface area (Å²) in [4.78, 5) is 22.1. The van der Waals surface area contributed by atoms with Crippen LogP contribution >= 0.6 is 11.3 Å². The molecule has 0 atom stereocenters. The first-order chi connectivity index (χ1) is 13.5. The molecule has 0 radical (unpaired) electrons. The molecule has 0 unspecified atom stereocenters. The van der Waals surface area contributed by atoms with Gasteiger partial charge < -0.3 is 20.5 Å². The summed E-state index contributed by atoms with van der Waals surface area (Å²) in [6.45, 7) is 1.32. The summed E-state index contributed by atoms with van der Waals surface area (Å²) in [6, 6.07) is 8.77. The monoisotopic (exact) mass is 401 g/mol. The third-order valence-corrected chi connectivity index (χ3v) is 5.17. The average molecular weight is 402 g/mol. The Kier molecular flexibility index (Phi) is 6.65. The highest BCUT2D eigenvalue weighted by atomic mass is 32.1. The van der Waals surface area contributed by atoms with E-state index in [1.165, 1.54) is 15.8 Å². The van der Waals surface area contributed by atoms with Crippen molar-refractivity contribution in [2.24, 2.45) is 4.99 Å². The Morgan fingerprint density at radius 2 is 2.14 bits per heavy atom. The number of nitrogens with zero attached hydrogens (tertiary/aromatic N) is 2. The lowest BCUT2D eigenvalue weighted by molar-refractivity contribution is -0.127. The summed E-state index contributed by atoms with van der Waals surface area (Å²) in [7, 11) is 3.42. The molecule has 6 nitrogen and oxygen atoms in total. The van der Waals surface area contributed by atoms with Crippen LogP contribution in [0.4, 0.5) is 4.39 Å². The van der Waals surface area contributed by atoms with Crippen molar-refractivity contribution in [3.05, 3.63) is 58.2 Å². The van der Waals surface area contributed by atoms with Crippen molar-refractivity contribution in [1.82, 2.24) is 20.5 Å². The maximum absolute atomic E-state index is 13.5. The summed E-state index contributed by atoms with van der Waals surface area (Å²) in [5.74, 6) is 0.266. The molecule has 0 fully saturated rings. The van der Waals surface area contributed by atoms with Gasteiger partial charge in [-0.3, -0.25) is 4.79 Å². The minimum absolute atomic E-state index is 0.0654. The summed E-state index contributed by atoms with van der Waals surface area (Å²) in [6.07, 6.45) is 2.60. The van der Waals surface area contributed by atoms with Crippen molar-refractivity contribution in [3.63, 3.8) is 0 Å². The molecule has 1 amide bonds. The number of aliphatic imine (C=N–C) groups is 1. The van der Waals surface area contributed by atoms with E-state index in [-0.39, 0.29) is 18.3 Å². The molecule has 3 rings (SSSR count). The van der Waals surface area contributed by atoms with Gasteiger partial charge in [0.1, 0.15) is 12.4 Å². The number of likely N-dealkylation sites (N-methyl/N-ethyl adjacent to an activating group) is 1. The Hall–Kier alpha value is -2.87. The van der Waals surface area contributed by atoms with Crippen molar-refractivity contribution < 1.29 is 9.18 Å². The first kappa shape index (κ1) is 19.9. The minimum atomic E-state index is -0.247. The zero-order valence-electron chi connectivity index (χ0n) is 16.0. The van der Waals surface area contributed by atoms with Gasteiger partial charge in [0, 0.05) is 42.6 Å². The van der Waals surface area contributed by atoms with E-state index in [1.54, 1.807) is 37.6 Å². The molecule has 8 heteroatoms. The number of H-pyrrole nitrogens is 1. The summed E-state index contributed by atoms with van der Waals surface area (Å²) in [5, 5.41) is 9.42. The lowest BCUT2D eigenvalue weighted by Crippen LogP contribution is -2.39. The minimum Gasteiger partial charge on any atom is -0.361 e. The van der Waals surface area contributed by atoms with E-state index in [4.69, 9.17) is 0 Å². The molecule has 3 aromatic rings. The Bertz CT molecular complexity index is 949. The molecule has 0 saturated heterocycles. The van der Waals surface area contributed by atoms with Crippen molar-refractivity contribution in [2.75, 3.05) is 27.2 Å². The van der Waals surface area contributed by atoms with E-state index in [1.807, 2.05) is 23.7 Å². The van der Waals surface area contributed by atoms with Crippen LogP contribution in [0.1, 0.15) is 10.4 Å². The van der Waals surface area contributed by atoms with Crippen LogP contribution < -0.4 is 10.6 Å². The van der Waals surface area contributed by atoms with Crippen LogP contribution in [-0.4, -0.2) is 48.9 Å². The number of hydrogen-bond acceptors (Lipinski definition) is 3. The molecule has 28 heavy (non-hydrogen) atoms. The van der Waals surface area contributed by atoms with Gasteiger partial charge in [0.05, 0.1) is 6.54 Å². The first-order valence-electron chi connectivity index (χ1n) is 9.03. The van der Waals surface area contributed by atoms with E-state index in [9.17, 15) is 9.18 Å². The van der Waals surface area contributed by atoms with Gasteiger partial charge in [0.25, 0.3) is 0 Å². The lowest BCUT2D eigenvalue weighted by atomic mass is 10.1. The van der Waals surface area contributed by atoms with Crippen LogP contribution in [0.5, 0.6) is 0 Å². The number of aromatic amines is 1. The number of aromatic nitrogens is 1. The summed E-state index contributed by atoms with van der Waals surface area (Å²) >= 11 is 1.66. The quantitative estimate of drug-likeness (QED) is 0.421. The standard InChI is InChI=1S/C20H24FN5OS/c1-26(2)19(27)13-25-20(24-12-16-4-3-9-28-16)22-8-7-14-11-23-18-6-5-15(21)10-17(14)18/h3-6,9-11,23H,7-8,12-13H2,1-2H3,(H2,22,24,25). The fourth-order valence-corrected chi connectivity index (χ4v) is 3.36. The van der Waals surface area contributed by atoms with Crippen molar-refractivity contribution in [2.45, 2.75) is 13.0 Å². The molecular formula is C20H24FN5OS. The highest BCUT2D eigenvalue weighted by molar-refractivity contribution is 7.09. The normalized spacial score (nSPS) is 11.6. The largest absolute Gasteiger partial charge is 0.361 e. The summed E-state index contributed by atoms with van der Waals surface area (Å²) in [5.41, 5.74) is 1.95. The van der Waals surface area contributed by atoms with Crippen molar-refractivity contribution >= 4 is 34.1 Å². The molecule has 3 N–H and O–H groups in total. The third-order valence-electron chi connectivity index (χ3n) is 4.30. The Balaban J connectivity index is 1.61. The van der Waals surface area contributed by atoms with Gasteiger partial charge in [-0.25, -0.2) is 9.38 Å². The molecule has 0 bridgehead atoms. The third kappa shape index (κ3) is 5.32. The Morgan fingerprint density at radius 3 is 2.89 bits per heavy atom. The zero-order chi connectivity index (χ0) is 19.9. The van der Waals surface area contributed by atoms with E-state index in [0.717, 1.165) is 16.5 Å². The number of fused-ring (bicyclic) bond motifs is 1. The van der Waals surface area contributed by atoms with E-state index in [2.05, 4.69) is 20.6 Å². The number of hydrogen-bond donors (Lipinski definition) is 3. The molecule has 0 aliphatic heterocycles. The predicted molar refractivity (Wildman–Crippen MR) is 112 cm³/mol. The topological polar surface area (TPSA) is 72.5 Å². The van der Waals surface area contributed by atoms with Gasteiger partial charge in [-0.1, -0.05) is 6.07 Å². The molecular weight excluding hydrogens is 377 g/mol. The number of halogens is 1. The number of carbonyl (C=O) groups excluding carboxylic acids is 1. The van der Waals surface area contributed by atoms with Gasteiger partial charge in [-0.2, -0.15) is 0 Å². The van der Waals surface area contributed by atoms with Crippen LogP contribution in [0.25, 0.3) is 10.9 Å². The molecule has 148 valence electrons. The molecule has 0 spiro atoms. The number of carbonyl (C=O) groups is 1. The molecule has 1 aromatic carbocycles. The molecule has 0 saturated carbocycles. The van der Waals surface area contributed by atoms with Crippen LogP contribution in [0, 0.1) is 5.82 Å². The fourth-order valence-electron chi connectivity index (χ4n) is 2.72. The van der Waals surface area contributed by atoms with E-state index < -0.39 is 0 Å². The van der Waals surface area contributed by atoms with Gasteiger partial charge in [0.2, 0.25) is 5.91 Å². The number of amides is 1. The second-order valence-corrected chi connectivity index (χ2v) is 7.60. The number of benzene rings is 1. The second-order valence-electron chi connectivity index (χ2n) is 6.57. The van der Waals surface area contributed by atoms with Gasteiger partial charge in [0.15, 0.2) is 5.96 Å². The Morgan fingerprint density at radius 1 is 1.29 bits per heavy atom. The number of nitrogens with one attached hydrogen (secondary N) is 3. The number of rotatable bonds is 7. The molecule has 0 aliphatic rings. The highest BCUT2D eigenvalue weighted by Crippen LogP contribution is 2.19. The average Bonchev–Trinajstić information content (AvgIpc) is 3.33. The van der Waals surface area contributed by atoms with Gasteiger partial charge in [-0.05, 0) is 41.6 Å². The molecule has 0 aliphatic carbocycles. The van der Waals surface area contributed by atoms with Crippen LogP contribution in [-0.2, 0) is 17.8 Å². The summed E-state index contributed by atoms with van der Waals surface area (Å²) < 4.78 is 13.5. The predicted octanol–water partition coefficient (Wildman–Crippen LogP) is 2.73. The maximum atomic E-state index is 13.5. The van der Waals surface area contributed by atoms with Gasteiger partial charge >= 0.3 is 0 Å².